The number of carbonyl (C=O) groups is 1. The minimum absolute atomic E-state index is 0.142. The van der Waals surface area contributed by atoms with E-state index in [2.05, 4.69) is 9.97 Å². The van der Waals surface area contributed by atoms with Crippen LogP contribution in [-0.4, -0.2) is 15.9 Å². The lowest BCUT2D eigenvalue weighted by molar-refractivity contribution is 0.0468. The molecule has 0 fully saturated rings. The van der Waals surface area contributed by atoms with Gasteiger partial charge in [0.1, 0.15) is 16.9 Å². The fourth-order valence-corrected chi connectivity index (χ4v) is 3.33. The fourth-order valence-electron chi connectivity index (χ4n) is 2.13. The lowest BCUT2D eigenvalue weighted by Gasteiger charge is -2.09. The van der Waals surface area contributed by atoms with Gasteiger partial charge in [-0.1, -0.05) is 47.5 Å². The fraction of sp³-hybridized carbons (Fsp3) is 0.105. The van der Waals surface area contributed by atoms with Crippen LogP contribution in [0.2, 0.25) is 10.3 Å². The van der Waals surface area contributed by atoms with E-state index in [4.69, 9.17) is 27.9 Å². The number of rotatable bonds is 6. The standard InChI is InChI=1S/C19H14Cl2N2O2S/c20-17-7-5-13(9-22-17)11-25-19(24)15-3-1-2-4-16(15)26-12-14-6-8-18(21)23-10-14/h1-10H,11-12H2. The van der Waals surface area contributed by atoms with Gasteiger partial charge in [0.05, 0.1) is 5.56 Å². The highest BCUT2D eigenvalue weighted by Crippen LogP contribution is 2.27. The maximum Gasteiger partial charge on any atom is 0.339 e. The molecule has 0 unspecified atom stereocenters. The quantitative estimate of drug-likeness (QED) is 0.311. The third-order valence-corrected chi connectivity index (χ3v) is 5.04. The maximum atomic E-state index is 12.4. The Morgan fingerprint density at radius 3 is 2.23 bits per heavy atom. The number of esters is 1. The summed E-state index contributed by atoms with van der Waals surface area (Å²) in [5, 5.41) is 0.859. The van der Waals surface area contributed by atoms with Crippen LogP contribution in [0.1, 0.15) is 21.5 Å². The molecule has 3 rings (SSSR count). The normalized spacial score (nSPS) is 10.5. The van der Waals surface area contributed by atoms with Gasteiger partial charge in [-0.15, -0.1) is 11.8 Å². The molecule has 2 aromatic heterocycles. The summed E-state index contributed by atoms with van der Waals surface area (Å²) >= 11 is 13.1. The van der Waals surface area contributed by atoms with Crippen LogP contribution in [0.15, 0.2) is 65.8 Å². The zero-order chi connectivity index (χ0) is 18.4. The molecule has 0 aliphatic rings. The highest BCUT2D eigenvalue weighted by molar-refractivity contribution is 7.98. The molecule has 1 aromatic carbocycles. The molecule has 3 aromatic rings. The van der Waals surface area contributed by atoms with Gasteiger partial charge in [-0.2, -0.15) is 0 Å². The number of carbonyl (C=O) groups excluding carboxylic acids is 1. The molecule has 7 heteroatoms. The zero-order valence-electron chi connectivity index (χ0n) is 13.6. The second-order valence-corrected chi connectivity index (χ2v) is 7.13. The van der Waals surface area contributed by atoms with Crippen LogP contribution in [0.4, 0.5) is 0 Å². The minimum atomic E-state index is -0.378. The van der Waals surface area contributed by atoms with Crippen LogP contribution in [-0.2, 0) is 17.1 Å². The van der Waals surface area contributed by atoms with Crippen molar-refractivity contribution < 1.29 is 9.53 Å². The van der Waals surface area contributed by atoms with Crippen LogP contribution < -0.4 is 0 Å². The number of benzene rings is 1. The highest BCUT2D eigenvalue weighted by atomic mass is 35.5. The van der Waals surface area contributed by atoms with Crippen molar-refractivity contribution in [1.82, 2.24) is 9.97 Å². The van der Waals surface area contributed by atoms with Crippen LogP contribution >= 0.6 is 35.0 Å². The first-order valence-corrected chi connectivity index (χ1v) is 9.46. The zero-order valence-corrected chi connectivity index (χ0v) is 15.9. The predicted molar refractivity (Wildman–Crippen MR) is 104 cm³/mol. The monoisotopic (exact) mass is 404 g/mol. The minimum Gasteiger partial charge on any atom is -0.457 e. The Balaban J connectivity index is 1.64. The van der Waals surface area contributed by atoms with Crippen molar-refractivity contribution in [2.75, 3.05) is 0 Å². The maximum absolute atomic E-state index is 12.4. The summed E-state index contributed by atoms with van der Waals surface area (Å²) in [7, 11) is 0. The first-order valence-electron chi connectivity index (χ1n) is 7.71. The number of ether oxygens (including phenoxy) is 1. The topological polar surface area (TPSA) is 52.1 Å². The van der Waals surface area contributed by atoms with Crippen molar-refractivity contribution >= 4 is 40.9 Å². The molecule has 4 nitrogen and oxygen atoms in total. The summed E-state index contributed by atoms with van der Waals surface area (Å²) in [5.74, 6) is 0.299. The van der Waals surface area contributed by atoms with Crippen LogP contribution in [0.25, 0.3) is 0 Å². The molecule has 0 bridgehead atoms. The van der Waals surface area contributed by atoms with E-state index < -0.39 is 0 Å². The van der Waals surface area contributed by atoms with Crippen LogP contribution in [0.5, 0.6) is 0 Å². The number of pyridine rings is 2. The summed E-state index contributed by atoms with van der Waals surface area (Å²) in [6.07, 6.45) is 3.31. The average molecular weight is 405 g/mol. The smallest absolute Gasteiger partial charge is 0.339 e. The van der Waals surface area contributed by atoms with Gasteiger partial charge in [0, 0.05) is 28.6 Å². The van der Waals surface area contributed by atoms with Gasteiger partial charge in [-0.3, -0.25) is 0 Å². The van der Waals surface area contributed by atoms with E-state index in [0.29, 0.717) is 21.6 Å². The number of aromatic nitrogens is 2. The summed E-state index contributed by atoms with van der Waals surface area (Å²) in [6, 6.07) is 14.5. The molecular weight excluding hydrogens is 391 g/mol. The number of halogens is 2. The van der Waals surface area contributed by atoms with E-state index in [-0.39, 0.29) is 12.6 Å². The Bertz CT molecular complexity index is 887. The van der Waals surface area contributed by atoms with Gasteiger partial charge < -0.3 is 4.74 Å². The Kier molecular flexibility index (Phi) is 6.50. The first kappa shape index (κ1) is 18.7. The van der Waals surface area contributed by atoms with Crippen molar-refractivity contribution in [2.45, 2.75) is 17.3 Å². The van der Waals surface area contributed by atoms with Crippen molar-refractivity contribution in [3.8, 4) is 0 Å². The molecule has 0 saturated heterocycles. The lowest BCUT2D eigenvalue weighted by Crippen LogP contribution is -2.07. The second kappa shape index (κ2) is 9.03. The van der Waals surface area contributed by atoms with Gasteiger partial charge in [-0.05, 0) is 29.8 Å². The van der Waals surface area contributed by atoms with Gasteiger partial charge >= 0.3 is 5.97 Å². The summed E-state index contributed by atoms with van der Waals surface area (Å²) in [6.45, 7) is 0.142. The van der Waals surface area contributed by atoms with E-state index in [1.807, 2.05) is 24.3 Å². The van der Waals surface area contributed by atoms with Gasteiger partial charge in [-0.25, -0.2) is 14.8 Å². The molecule has 0 saturated carbocycles. The number of hydrogen-bond acceptors (Lipinski definition) is 5. The molecule has 0 aliphatic carbocycles. The van der Waals surface area contributed by atoms with E-state index in [9.17, 15) is 4.79 Å². The van der Waals surface area contributed by atoms with Crippen molar-refractivity contribution in [2.24, 2.45) is 0 Å². The summed E-state index contributed by atoms with van der Waals surface area (Å²) in [4.78, 5) is 21.3. The third-order valence-electron chi connectivity index (χ3n) is 3.45. The lowest BCUT2D eigenvalue weighted by atomic mass is 10.2. The average Bonchev–Trinajstić information content (AvgIpc) is 2.67. The molecular formula is C19H14Cl2N2O2S. The Hall–Kier alpha value is -2.08. The molecule has 0 N–H and O–H groups in total. The summed E-state index contributed by atoms with van der Waals surface area (Å²) in [5.41, 5.74) is 2.33. The molecule has 2 heterocycles. The van der Waals surface area contributed by atoms with E-state index >= 15 is 0 Å². The Morgan fingerprint density at radius 2 is 1.58 bits per heavy atom. The third kappa shape index (κ3) is 5.21. The first-order chi connectivity index (χ1) is 12.6. The molecule has 0 radical (unpaired) electrons. The van der Waals surface area contributed by atoms with Gasteiger partial charge in [0.15, 0.2) is 0 Å². The van der Waals surface area contributed by atoms with E-state index in [1.165, 1.54) is 0 Å². The van der Waals surface area contributed by atoms with Crippen molar-refractivity contribution in [3.05, 3.63) is 87.9 Å². The number of thioether (sulfide) groups is 1. The van der Waals surface area contributed by atoms with Crippen molar-refractivity contribution in [3.63, 3.8) is 0 Å². The second-order valence-electron chi connectivity index (χ2n) is 5.34. The summed E-state index contributed by atoms with van der Waals surface area (Å²) < 4.78 is 5.40. The van der Waals surface area contributed by atoms with E-state index in [1.54, 1.807) is 48.4 Å². The van der Waals surface area contributed by atoms with Gasteiger partial charge in [0.25, 0.3) is 0 Å². The number of nitrogens with zero attached hydrogens (tertiary/aromatic N) is 2. The molecule has 0 atom stereocenters. The molecule has 0 spiro atoms. The largest absolute Gasteiger partial charge is 0.457 e. The van der Waals surface area contributed by atoms with Crippen LogP contribution in [0, 0.1) is 0 Å². The van der Waals surface area contributed by atoms with Crippen LogP contribution in [0.3, 0.4) is 0 Å². The van der Waals surface area contributed by atoms with Gasteiger partial charge in [0.2, 0.25) is 0 Å². The number of hydrogen-bond donors (Lipinski definition) is 0. The Morgan fingerprint density at radius 1 is 0.923 bits per heavy atom. The molecule has 0 amide bonds. The SMILES string of the molecule is O=C(OCc1ccc(Cl)nc1)c1ccccc1SCc1ccc(Cl)nc1. The Labute approximate surface area is 165 Å². The molecule has 26 heavy (non-hydrogen) atoms. The van der Waals surface area contributed by atoms with Crippen molar-refractivity contribution in [1.29, 1.82) is 0 Å². The molecule has 132 valence electrons. The predicted octanol–water partition coefficient (Wildman–Crippen LogP) is 5.43. The van der Waals surface area contributed by atoms with E-state index in [0.717, 1.165) is 16.0 Å². The highest BCUT2D eigenvalue weighted by Gasteiger charge is 2.13. The molecule has 0 aliphatic heterocycles.